The average Bonchev–Trinajstić information content (AvgIpc) is 3.51. The first-order chi connectivity index (χ1) is 17.0. The highest BCUT2D eigenvalue weighted by Crippen LogP contribution is 2.43. The van der Waals surface area contributed by atoms with E-state index in [1.807, 2.05) is 65.7 Å². The lowest BCUT2D eigenvalue weighted by Gasteiger charge is -2.39. The van der Waals surface area contributed by atoms with Crippen molar-refractivity contribution in [3.8, 4) is 16.9 Å². The number of fused-ring (bicyclic) bond motifs is 2. The predicted molar refractivity (Wildman–Crippen MR) is 136 cm³/mol. The molecule has 7 heteroatoms. The van der Waals surface area contributed by atoms with Crippen molar-refractivity contribution in [2.45, 2.75) is 37.4 Å². The van der Waals surface area contributed by atoms with Crippen LogP contribution < -0.4 is 4.74 Å². The van der Waals surface area contributed by atoms with Crippen LogP contribution in [0.1, 0.15) is 24.0 Å². The van der Waals surface area contributed by atoms with Crippen molar-refractivity contribution in [3.05, 3.63) is 83.1 Å². The van der Waals surface area contributed by atoms with Gasteiger partial charge in [-0.25, -0.2) is 4.98 Å². The van der Waals surface area contributed by atoms with E-state index < -0.39 is 11.7 Å². The van der Waals surface area contributed by atoms with Gasteiger partial charge in [0.1, 0.15) is 11.4 Å². The molecule has 2 aliphatic rings. The third-order valence-corrected chi connectivity index (χ3v) is 7.42. The number of rotatable bonds is 4. The fourth-order valence-corrected chi connectivity index (χ4v) is 5.60. The quantitative estimate of drug-likeness (QED) is 0.434. The van der Waals surface area contributed by atoms with Gasteiger partial charge in [0.05, 0.1) is 5.60 Å². The number of nitrogens with one attached hydrogen (secondary N) is 1. The van der Waals surface area contributed by atoms with Crippen molar-refractivity contribution < 1.29 is 14.6 Å². The molecule has 0 bridgehead atoms. The highest BCUT2D eigenvalue weighted by molar-refractivity contribution is 6.31. The van der Waals surface area contributed by atoms with E-state index in [2.05, 4.69) is 9.97 Å². The van der Waals surface area contributed by atoms with Gasteiger partial charge in [-0.2, -0.15) is 0 Å². The molecule has 1 fully saturated rings. The number of ether oxygens (including phenoxy) is 1. The van der Waals surface area contributed by atoms with Crippen molar-refractivity contribution in [2.24, 2.45) is 0 Å². The number of aromatic amines is 1. The van der Waals surface area contributed by atoms with Crippen molar-refractivity contribution >= 4 is 28.5 Å². The molecule has 0 unspecified atom stereocenters. The standard InChI is InChI=1S/C28H26ClN3O3/c29-20-14-19-15-24(35-25(19)23(16-20)21-6-10-30-26-22(21)7-11-31-26)27(33)32-12-8-28(34,9-13-32)17-18-4-2-1-3-5-18/h1-7,10-11,14,16,24,34H,8-9,12-13,15,17H2,(H,30,31)/t24-/m1/s1. The Morgan fingerprint density at radius 2 is 1.94 bits per heavy atom. The summed E-state index contributed by atoms with van der Waals surface area (Å²) in [6.45, 7) is 1.03. The van der Waals surface area contributed by atoms with Crippen LogP contribution in [-0.2, 0) is 17.6 Å². The number of H-pyrrole nitrogens is 1. The minimum absolute atomic E-state index is 0.0356. The number of aliphatic hydroxyl groups is 1. The Hall–Kier alpha value is -3.35. The molecule has 1 amide bonds. The van der Waals surface area contributed by atoms with Gasteiger partial charge >= 0.3 is 0 Å². The van der Waals surface area contributed by atoms with E-state index in [9.17, 15) is 9.90 Å². The van der Waals surface area contributed by atoms with E-state index in [0.29, 0.717) is 49.5 Å². The third kappa shape index (κ3) is 4.17. The summed E-state index contributed by atoms with van der Waals surface area (Å²) in [5.41, 5.74) is 3.88. The lowest BCUT2D eigenvalue weighted by molar-refractivity contribution is -0.142. The zero-order valence-corrected chi connectivity index (χ0v) is 20.0. The molecule has 2 aromatic carbocycles. The number of likely N-dealkylation sites (tertiary alicyclic amines) is 1. The summed E-state index contributed by atoms with van der Waals surface area (Å²) in [6, 6.07) is 17.7. The number of carbonyl (C=O) groups is 1. The fourth-order valence-electron chi connectivity index (χ4n) is 5.36. The van der Waals surface area contributed by atoms with Crippen LogP contribution in [0.3, 0.4) is 0 Å². The third-order valence-electron chi connectivity index (χ3n) is 7.20. The van der Waals surface area contributed by atoms with Gasteiger partial charge in [0.25, 0.3) is 5.91 Å². The van der Waals surface area contributed by atoms with Crippen molar-refractivity contribution in [1.29, 1.82) is 0 Å². The highest BCUT2D eigenvalue weighted by Gasteiger charge is 2.39. The minimum Gasteiger partial charge on any atom is -0.479 e. The molecule has 35 heavy (non-hydrogen) atoms. The highest BCUT2D eigenvalue weighted by atomic mass is 35.5. The van der Waals surface area contributed by atoms with Gasteiger partial charge in [-0.05, 0) is 48.2 Å². The van der Waals surface area contributed by atoms with Crippen LogP contribution in [0.4, 0.5) is 0 Å². The fraction of sp³-hybridized carbons (Fsp3) is 0.286. The van der Waals surface area contributed by atoms with Crippen molar-refractivity contribution in [3.63, 3.8) is 0 Å². The van der Waals surface area contributed by atoms with Gasteiger partial charge in [0.15, 0.2) is 6.10 Å². The first-order valence-electron chi connectivity index (χ1n) is 12.0. The molecule has 178 valence electrons. The second-order valence-electron chi connectivity index (χ2n) is 9.56. The molecule has 2 N–H and O–H groups in total. The number of benzene rings is 2. The predicted octanol–water partition coefficient (Wildman–Crippen LogP) is 4.78. The number of hydrogen-bond acceptors (Lipinski definition) is 4. The number of pyridine rings is 1. The number of aromatic nitrogens is 2. The number of piperidine rings is 1. The molecule has 0 radical (unpaired) electrons. The van der Waals surface area contributed by atoms with E-state index in [1.165, 1.54) is 0 Å². The first-order valence-corrected chi connectivity index (χ1v) is 12.3. The maximum absolute atomic E-state index is 13.4. The van der Waals surface area contributed by atoms with Crippen LogP contribution in [0.2, 0.25) is 5.02 Å². The molecule has 0 aliphatic carbocycles. The Labute approximate surface area is 208 Å². The maximum Gasteiger partial charge on any atom is 0.263 e. The Balaban J connectivity index is 1.19. The molecule has 4 heterocycles. The van der Waals surface area contributed by atoms with Crippen molar-refractivity contribution in [2.75, 3.05) is 13.1 Å². The lowest BCUT2D eigenvalue weighted by Crippen LogP contribution is -2.51. The molecule has 6 rings (SSSR count). The summed E-state index contributed by atoms with van der Waals surface area (Å²) in [6.07, 6.45) is 5.19. The number of amides is 1. The number of nitrogens with zero attached hydrogens (tertiary/aromatic N) is 2. The van der Waals surface area contributed by atoms with E-state index in [0.717, 1.165) is 33.3 Å². The van der Waals surface area contributed by atoms with Crippen LogP contribution >= 0.6 is 11.6 Å². The van der Waals surface area contributed by atoms with Crippen LogP contribution in [0, 0.1) is 0 Å². The second-order valence-corrected chi connectivity index (χ2v) is 10.00. The molecule has 2 aliphatic heterocycles. The van der Waals surface area contributed by atoms with Crippen LogP contribution in [-0.4, -0.2) is 50.7 Å². The summed E-state index contributed by atoms with van der Waals surface area (Å²) in [7, 11) is 0. The summed E-state index contributed by atoms with van der Waals surface area (Å²) < 4.78 is 6.29. The monoisotopic (exact) mass is 487 g/mol. The Bertz CT molecular complexity index is 1390. The topological polar surface area (TPSA) is 78.5 Å². The summed E-state index contributed by atoms with van der Waals surface area (Å²) >= 11 is 6.48. The molecule has 4 aromatic rings. The summed E-state index contributed by atoms with van der Waals surface area (Å²) in [4.78, 5) is 22.8. The van der Waals surface area contributed by atoms with Gasteiger partial charge in [-0.15, -0.1) is 0 Å². The van der Waals surface area contributed by atoms with Crippen LogP contribution in [0.25, 0.3) is 22.2 Å². The van der Waals surface area contributed by atoms with Gasteiger partial charge in [0, 0.05) is 59.9 Å². The Kier molecular flexibility index (Phi) is 5.50. The second kappa shape index (κ2) is 8.70. The minimum atomic E-state index is -0.790. The Morgan fingerprint density at radius 3 is 2.74 bits per heavy atom. The van der Waals surface area contributed by atoms with Gasteiger partial charge in [-0.1, -0.05) is 41.9 Å². The first kappa shape index (κ1) is 22.1. The van der Waals surface area contributed by atoms with E-state index in [4.69, 9.17) is 16.3 Å². The molecule has 0 spiro atoms. The average molecular weight is 488 g/mol. The zero-order valence-electron chi connectivity index (χ0n) is 19.2. The van der Waals surface area contributed by atoms with Gasteiger partial charge < -0.3 is 19.7 Å². The lowest BCUT2D eigenvalue weighted by atomic mass is 9.85. The number of carbonyl (C=O) groups excluding carboxylic acids is 1. The van der Waals surface area contributed by atoms with Gasteiger partial charge in [-0.3, -0.25) is 4.79 Å². The molecular weight excluding hydrogens is 462 g/mol. The number of halogens is 1. The summed E-state index contributed by atoms with van der Waals surface area (Å²) in [5.74, 6) is 0.672. The van der Waals surface area contributed by atoms with E-state index in [-0.39, 0.29) is 5.91 Å². The van der Waals surface area contributed by atoms with Gasteiger partial charge in [0.2, 0.25) is 0 Å². The van der Waals surface area contributed by atoms with E-state index in [1.54, 1.807) is 6.20 Å². The molecular formula is C28H26ClN3O3. The van der Waals surface area contributed by atoms with Crippen molar-refractivity contribution in [1.82, 2.24) is 14.9 Å². The molecule has 1 saturated heterocycles. The van der Waals surface area contributed by atoms with Crippen LogP contribution in [0.5, 0.6) is 5.75 Å². The molecule has 1 atom stereocenters. The number of hydrogen-bond donors (Lipinski definition) is 2. The zero-order chi connectivity index (χ0) is 24.0. The molecule has 6 nitrogen and oxygen atoms in total. The molecule has 0 saturated carbocycles. The smallest absolute Gasteiger partial charge is 0.263 e. The maximum atomic E-state index is 13.4. The summed E-state index contributed by atoms with van der Waals surface area (Å²) in [5, 5.41) is 12.7. The SMILES string of the molecule is O=C([C@H]1Cc2cc(Cl)cc(-c3ccnc4[nH]ccc34)c2O1)N1CCC(O)(Cc2ccccc2)CC1. The van der Waals surface area contributed by atoms with E-state index >= 15 is 0 Å². The Morgan fingerprint density at radius 1 is 1.14 bits per heavy atom. The normalized spacial score (nSPS) is 18.9. The van der Waals surface area contributed by atoms with Crippen LogP contribution in [0.15, 0.2) is 67.0 Å². The molecule has 2 aromatic heterocycles. The largest absolute Gasteiger partial charge is 0.479 e.